The van der Waals surface area contributed by atoms with Crippen molar-refractivity contribution in [2.45, 2.75) is 13.0 Å². The number of carbonyl (C=O) groups is 2. The first-order valence-electron chi connectivity index (χ1n) is 8.04. The maximum Gasteiger partial charge on any atom is 0.340 e. The molecule has 1 aliphatic heterocycles. The van der Waals surface area contributed by atoms with E-state index in [9.17, 15) is 14.7 Å². The fourth-order valence-electron chi connectivity index (χ4n) is 2.93. The Morgan fingerprint density at radius 3 is 2.93 bits per heavy atom. The van der Waals surface area contributed by atoms with Gasteiger partial charge in [-0.2, -0.15) is 0 Å². The largest absolute Gasteiger partial charge is 0.503 e. The van der Waals surface area contributed by atoms with Crippen LogP contribution in [0.3, 0.4) is 0 Å². The average molecular weight is 421 g/mol. The van der Waals surface area contributed by atoms with E-state index in [2.05, 4.69) is 4.98 Å². The van der Waals surface area contributed by atoms with Crippen molar-refractivity contribution in [2.75, 3.05) is 11.5 Å². The second kappa shape index (κ2) is 6.95. The zero-order valence-electron chi connectivity index (χ0n) is 14.0. The van der Waals surface area contributed by atoms with Crippen LogP contribution in [-0.2, 0) is 14.3 Å². The molecule has 1 atom stereocenters. The standard InChI is InChI=1S/C18H13ClN2O4S2/c1-2-25-17(24)13-14(11-4-3-7-26-11)21(16(23)15(13)22)18-20-10-6-5-9(19)8-12(10)27-18/h3-8,14,22H,2H2,1H3/t14-/m1/s1. The molecular weight excluding hydrogens is 408 g/mol. The summed E-state index contributed by atoms with van der Waals surface area (Å²) in [5, 5.41) is 13.2. The number of thiophene rings is 1. The fourth-order valence-corrected chi connectivity index (χ4v) is 5.02. The van der Waals surface area contributed by atoms with E-state index < -0.39 is 23.7 Å². The summed E-state index contributed by atoms with van der Waals surface area (Å²) in [5.74, 6) is -2.00. The van der Waals surface area contributed by atoms with Gasteiger partial charge in [0.05, 0.1) is 16.8 Å². The molecule has 0 aliphatic carbocycles. The number of aliphatic hydroxyl groups is 1. The predicted molar refractivity (Wildman–Crippen MR) is 105 cm³/mol. The molecule has 4 rings (SSSR count). The van der Waals surface area contributed by atoms with Crippen LogP contribution in [0.1, 0.15) is 17.8 Å². The molecule has 0 radical (unpaired) electrons. The highest BCUT2D eigenvalue weighted by molar-refractivity contribution is 7.22. The molecule has 0 bridgehead atoms. The Hall–Kier alpha value is -2.42. The van der Waals surface area contributed by atoms with Gasteiger partial charge in [-0.3, -0.25) is 9.69 Å². The Labute approximate surface area is 167 Å². The minimum Gasteiger partial charge on any atom is -0.503 e. The van der Waals surface area contributed by atoms with Crippen LogP contribution in [0.2, 0.25) is 5.02 Å². The molecule has 3 aromatic rings. The van der Waals surface area contributed by atoms with Gasteiger partial charge in [-0.25, -0.2) is 9.78 Å². The van der Waals surface area contributed by atoms with Crippen LogP contribution in [0.15, 0.2) is 47.0 Å². The van der Waals surface area contributed by atoms with Crippen molar-refractivity contribution in [3.63, 3.8) is 0 Å². The number of esters is 1. The Balaban J connectivity index is 1.85. The number of nitrogens with zero attached hydrogens (tertiary/aromatic N) is 2. The van der Waals surface area contributed by atoms with Crippen molar-refractivity contribution in [2.24, 2.45) is 0 Å². The second-order valence-corrected chi connectivity index (χ2v) is 8.11. The third-order valence-electron chi connectivity index (χ3n) is 4.06. The van der Waals surface area contributed by atoms with Gasteiger partial charge in [-0.15, -0.1) is 11.3 Å². The molecule has 6 nitrogen and oxygen atoms in total. The highest BCUT2D eigenvalue weighted by atomic mass is 35.5. The van der Waals surface area contributed by atoms with Gasteiger partial charge < -0.3 is 9.84 Å². The minimum absolute atomic E-state index is 0.0680. The lowest BCUT2D eigenvalue weighted by Gasteiger charge is -2.22. The van der Waals surface area contributed by atoms with Crippen molar-refractivity contribution < 1.29 is 19.4 Å². The molecule has 1 N–H and O–H groups in total. The van der Waals surface area contributed by atoms with E-state index in [-0.39, 0.29) is 12.2 Å². The molecule has 2 aromatic heterocycles. The monoisotopic (exact) mass is 420 g/mol. The van der Waals surface area contributed by atoms with E-state index in [0.29, 0.717) is 15.7 Å². The zero-order valence-corrected chi connectivity index (χ0v) is 16.4. The number of amides is 1. The number of anilines is 1. The molecule has 0 saturated heterocycles. The first-order chi connectivity index (χ1) is 13.0. The topological polar surface area (TPSA) is 79.7 Å². The van der Waals surface area contributed by atoms with Gasteiger partial charge in [0.15, 0.2) is 10.9 Å². The lowest BCUT2D eigenvalue weighted by Crippen LogP contribution is -2.30. The van der Waals surface area contributed by atoms with Crippen LogP contribution >= 0.6 is 34.3 Å². The maximum atomic E-state index is 12.8. The predicted octanol–water partition coefficient (Wildman–Crippen LogP) is 4.47. The molecule has 138 valence electrons. The molecule has 1 aliphatic rings. The number of ether oxygens (including phenoxy) is 1. The van der Waals surface area contributed by atoms with Gasteiger partial charge in [0.1, 0.15) is 11.6 Å². The van der Waals surface area contributed by atoms with Gasteiger partial charge in [-0.1, -0.05) is 29.0 Å². The first-order valence-corrected chi connectivity index (χ1v) is 10.1. The maximum absolute atomic E-state index is 12.8. The van der Waals surface area contributed by atoms with Crippen molar-refractivity contribution in [3.8, 4) is 0 Å². The molecule has 1 amide bonds. The Kier molecular flexibility index (Phi) is 4.63. The van der Waals surface area contributed by atoms with Gasteiger partial charge in [-0.05, 0) is 36.6 Å². The van der Waals surface area contributed by atoms with Gasteiger partial charge >= 0.3 is 5.97 Å². The second-order valence-electron chi connectivity index (χ2n) is 5.68. The molecule has 3 heterocycles. The fraction of sp³-hybridized carbons (Fsp3) is 0.167. The van der Waals surface area contributed by atoms with Gasteiger partial charge in [0, 0.05) is 9.90 Å². The number of halogens is 1. The number of aliphatic hydroxyl groups excluding tert-OH is 1. The molecule has 0 spiro atoms. The lowest BCUT2D eigenvalue weighted by atomic mass is 10.1. The van der Waals surface area contributed by atoms with Crippen LogP contribution in [-0.4, -0.2) is 28.6 Å². The van der Waals surface area contributed by atoms with Gasteiger partial charge in [0.25, 0.3) is 5.91 Å². The quantitative estimate of drug-likeness (QED) is 0.629. The summed E-state index contributed by atoms with van der Waals surface area (Å²) in [4.78, 5) is 31.9. The van der Waals surface area contributed by atoms with Gasteiger partial charge in [0.2, 0.25) is 0 Å². The molecule has 9 heteroatoms. The average Bonchev–Trinajstić information content (AvgIpc) is 3.34. The number of fused-ring (bicyclic) bond motifs is 1. The van der Waals surface area contributed by atoms with E-state index in [1.165, 1.54) is 27.6 Å². The molecule has 1 aromatic carbocycles. The van der Waals surface area contributed by atoms with E-state index in [4.69, 9.17) is 16.3 Å². The van der Waals surface area contributed by atoms with Crippen molar-refractivity contribution in [1.82, 2.24) is 4.98 Å². The number of aromatic nitrogens is 1. The number of rotatable bonds is 4. The van der Waals surface area contributed by atoms with Crippen LogP contribution in [0.4, 0.5) is 5.13 Å². The highest BCUT2D eigenvalue weighted by Gasteiger charge is 2.47. The summed E-state index contributed by atoms with van der Waals surface area (Å²) >= 11 is 8.69. The molecule has 27 heavy (non-hydrogen) atoms. The zero-order chi connectivity index (χ0) is 19.1. The van der Waals surface area contributed by atoms with Crippen molar-refractivity contribution >= 4 is 61.5 Å². The first kappa shape index (κ1) is 18.0. The van der Waals surface area contributed by atoms with Crippen molar-refractivity contribution in [3.05, 3.63) is 56.9 Å². The molecule has 0 fully saturated rings. The van der Waals surface area contributed by atoms with Crippen LogP contribution < -0.4 is 4.90 Å². The Morgan fingerprint density at radius 2 is 2.22 bits per heavy atom. The van der Waals surface area contributed by atoms with Crippen LogP contribution in [0.5, 0.6) is 0 Å². The normalized spacial score (nSPS) is 17.2. The highest BCUT2D eigenvalue weighted by Crippen LogP contribution is 2.44. The molecule has 0 unspecified atom stereocenters. The Morgan fingerprint density at radius 1 is 1.41 bits per heavy atom. The number of hydrogen-bond donors (Lipinski definition) is 1. The lowest BCUT2D eigenvalue weighted by molar-refractivity contribution is -0.139. The summed E-state index contributed by atoms with van der Waals surface area (Å²) in [6.07, 6.45) is 0. The third kappa shape index (κ3) is 2.99. The summed E-state index contributed by atoms with van der Waals surface area (Å²) in [6, 6.07) is 8.08. The molecular formula is C18H13ClN2O4S2. The Bertz CT molecular complexity index is 1070. The van der Waals surface area contributed by atoms with E-state index in [1.54, 1.807) is 31.2 Å². The summed E-state index contributed by atoms with van der Waals surface area (Å²) in [5.41, 5.74) is 0.614. The minimum atomic E-state index is -0.785. The third-order valence-corrected chi connectivity index (χ3v) is 6.24. The summed E-state index contributed by atoms with van der Waals surface area (Å²) < 4.78 is 5.87. The summed E-state index contributed by atoms with van der Waals surface area (Å²) in [6.45, 7) is 1.81. The number of hydrogen-bond acceptors (Lipinski definition) is 7. The van der Waals surface area contributed by atoms with E-state index in [0.717, 1.165) is 9.58 Å². The number of carbonyl (C=O) groups excluding carboxylic acids is 2. The van der Waals surface area contributed by atoms with E-state index >= 15 is 0 Å². The molecule has 0 saturated carbocycles. The SMILES string of the molecule is CCOC(=O)C1=C(O)C(=O)N(c2nc3ccc(Cl)cc3s2)[C@@H]1c1cccs1. The van der Waals surface area contributed by atoms with Crippen LogP contribution in [0, 0.1) is 0 Å². The summed E-state index contributed by atoms with van der Waals surface area (Å²) in [7, 11) is 0. The van der Waals surface area contributed by atoms with Crippen LogP contribution in [0.25, 0.3) is 10.2 Å². The number of benzene rings is 1. The smallest absolute Gasteiger partial charge is 0.340 e. The number of thiazole rings is 1. The van der Waals surface area contributed by atoms with E-state index in [1.807, 2.05) is 11.4 Å². The van der Waals surface area contributed by atoms with Crippen molar-refractivity contribution in [1.29, 1.82) is 0 Å².